The number of hydrogen-bond acceptors (Lipinski definition) is 3. The highest BCUT2D eigenvalue weighted by molar-refractivity contribution is 7.09. The van der Waals surface area contributed by atoms with Crippen LogP contribution in [0.4, 0.5) is 0 Å². The standard InChI is InChI=1S/C11H16N2S/c1-7-5-8(7)11-13-10(6-14-11)9-3-2-4-12-9/h6-9,12H,2-5H2,1H3/t7?,8?,9-/m0/s1. The Kier molecular flexibility index (Phi) is 2.10. The Bertz CT molecular complexity index is 328. The minimum atomic E-state index is 0.550. The number of aromatic nitrogens is 1. The van der Waals surface area contributed by atoms with E-state index in [9.17, 15) is 0 Å². The van der Waals surface area contributed by atoms with E-state index in [1.807, 2.05) is 11.3 Å². The molecular formula is C11H16N2S. The van der Waals surface area contributed by atoms with E-state index in [1.165, 1.54) is 30.0 Å². The van der Waals surface area contributed by atoms with Crippen molar-refractivity contribution < 1.29 is 0 Å². The molecule has 2 heterocycles. The van der Waals surface area contributed by atoms with E-state index < -0.39 is 0 Å². The number of nitrogens with zero attached hydrogens (tertiary/aromatic N) is 1. The minimum absolute atomic E-state index is 0.550. The lowest BCUT2D eigenvalue weighted by atomic mass is 10.2. The summed E-state index contributed by atoms with van der Waals surface area (Å²) in [5, 5.41) is 7.13. The zero-order valence-electron chi connectivity index (χ0n) is 8.49. The molecule has 3 atom stereocenters. The topological polar surface area (TPSA) is 24.9 Å². The average molecular weight is 208 g/mol. The third-order valence-electron chi connectivity index (χ3n) is 3.38. The van der Waals surface area contributed by atoms with Gasteiger partial charge in [0.2, 0.25) is 0 Å². The van der Waals surface area contributed by atoms with Gasteiger partial charge in [-0.25, -0.2) is 4.98 Å². The highest BCUT2D eigenvalue weighted by Crippen LogP contribution is 2.48. The third-order valence-corrected chi connectivity index (χ3v) is 4.38. The Balaban J connectivity index is 1.76. The Hall–Kier alpha value is -0.410. The molecule has 2 fully saturated rings. The van der Waals surface area contributed by atoms with Crippen molar-refractivity contribution in [2.24, 2.45) is 5.92 Å². The minimum Gasteiger partial charge on any atom is -0.309 e. The van der Waals surface area contributed by atoms with Crippen molar-refractivity contribution in [3.8, 4) is 0 Å². The second-order valence-corrected chi connectivity index (χ2v) is 5.47. The summed E-state index contributed by atoms with van der Waals surface area (Å²) < 4.78 is 0. The van der Waals surface area contributed by atoms with Crippen molar-refractivity contribution in [2.75, 3.05) is 6.54 Å². The summed E-state index contributed by atoms with van der Waals surface area (Å²) >= 11 is 1.86. The van der Waals surface area contributed by atoms with Crippen LogP contribution < -0.4 is 5.32 Å². The fraction of sp³-hybridized carbons (Fsp3) is 0.727. The molecule has 1 aliphatic heterocycles. The zero-order valence-corrected chi connectivity index (χ0v) is 9.31. The van der Waals surface area contributed by atoms with Gasteiger partial charge in [0.05, 0.1) is 16.7 Å². The van der Waals surface area contributed by atoms with Crippen molar-refractivity contribution in [2.45, 2.75) is 38.1 Å². The van der Waals surface area contributed by atoms with Crippen LogP contribution in [0.1, 0.15) is 48.8 Å². The fourth-order valence-electron chi connectivity index (χ4n) is 2.23. The van der Waals surface area contributed by atoms with Gasteiger partial charge in [-0.15, -0.1) is 11.3 Å². The smallest absolute Gasteiger partial charge is 0.0962 e. The lowest BCUT2D eigenvalue weighted by molar-refractivity contribution is 0.629. The van der Waals surface area contributed by atoms with E-state index in [1.54, 1.807) is 0 Å². The molecule has 3 rings (SSSR count). The molecule has 0 radical (unpaired) electrons. The summed E-state index contributed by atoms with van der Waals surface area (Å²) in [7, 11) is 0. The molecule has 76 valence electrons. The molecule has 1 aromatic rings. The Morgan fingerprint density at radius 1 is 1.57 bits per heavy atom. The van der Waals surface area contributed by atoms with Crippen molar-refractivity contribution >= 4 is 11.3 Å². The Morgan fingerprint density at radius 3 is 3.07 bits per heavy atom. The molecule has 1 aliphatic carbocycles. The summed E-state index contributed by atoms with van der Waals surface area (Å²) in [6, 6.07) is 0.550. The maximum absolute atomic E-state index is 4.76. The maximum atomic E-state index is 4.76. The van der Waals surface area contributed by atoms with Gasteiger partial charge in [0, 0.05) is 11.3 Å². The second kappa shape index (κ2) is 3.31. The van der Waals surface area contributed by atoms with Crippen LogP contribution in [0.2, 0.25) is 0 Å². The van der Waals surface area contributed by atoms with Gasteiger partial charge in [-0.3, -0.25) is 0 Å². The van der Waals surface area contributed by atoms with Crippen molar-refractivity contribution in [1.82, 2.24) is 10.3 Å². The monoisotopic (exact) mass is 208 g/mol. The van der Waals surface area contributed by atoms with E-state index in [4.69, 9.17) is 4.98 Å². The molecule has 0 aromatic carbocycles. The first-order valence-electron chi connectivity index (χ1n) is 5.53. The van der Waals surface area contributed by atoms with Gasteiger partial charge in [-0.2, -0.15) is 0 Å². The predicted octanol–water partition coefficient (Wildman–Crippen LogP) is 2.69. The van der Waals surface area contributed by atoms with Crippen molar-refractivity contribution in [3.63, 3.8) is 0 Å². The first-order chi connectivity index (χ1) is 6.84. The van der Waals surface area contributed by atoms with Crippen LogP contribution in [-0.2, 0) is 0 Å². The summed E-state index contributed by atoms with van der Waals surface area (Å²) in [4.78, 5) is 4.76. The molecule has 1 N–H and O–H groups in total. The third kappa shape index (κ3) is 1.48. The van der Waals surface area contributed by atoms with Gasteiger partial charge in [0.25, 0.3) is 0 Å². The molecule has 0 amide bonds. The van der Waals surface area contributed by atoms with Crippen LogP contribution in [-0.4, -0.2) is 11.5 Å². The number of thiazole rings is 1. The molecule has 1 saturated heterocycles. The predicted molar refractivity (Wildman–Crippen MR) is 58.6 cm³/mol. The molecule has 1 aromatic heterocycles. The maximum Gasteiger partial charge on any atom is 0.0962 e. The molecule has 0 bridgehead atoms. The molecule has 3 heteroatoms. The molecule has 14 heavy (non-hydrogen) atoms. The lowest BCUT2D eigenvalue weighted by Gasteiger charge is -2.04. The molecule has 0 spiro atoms. The quantitative estimate of drug-likeness (QED) is 0.808. The average Bonchev–Trinajstić information content (AvgIpc) is 2.72. The summed E-state index contributed by atoms with van der Waals surface area (Å²) in [5.74, 6) is 1.67. The van der Waals surface area contributed by atoms with Gasteiger partial charge in [-0.1, -0.05) is 6.92 Å². The highest BCUT2D eigenvalue weighted by atomic mass is 32.1. The molecular weight excluding hydrogens is 192 g/mol. The van der Waals surface area contributed by atoms with Crippen molar-refractivity contribution in [1.29, 1.82) is 0 Å². The van der Waals surface area contributed by atoms with E-state index in [2.05, 4.69) is 17.6 Å². The van der Waals surface area contributed by atoms with Gasteiger partial charge in [0.1, 0.15) is 0 Å². The van der Waals surface area contributed by atoms with E-state index in [0.717, 1.165) is 18.4 Å². The van der Waals surface area contributed by atoms with Gasteiger partial charge >= 0.3 is 0 Å². The fourth-order valence-corrected chi connectivity index (χ4v) is 3.35. The van der Waals surface area contributed by atoms with Crippen LogP contribution in [0, 0.1) is 5.92 Å². The molecule has 2 unspecified atom stereocenters. The van der Waals surface area contributed by atoms with Crippen LogP contribution in [0.5, 0.6) is 0 Å². The Labute approximate surface area is 88.7 Å². The number of nitrogens with one attached hydrogen (secondary N) is 1. The summed E-state index contributed by atoms with van der Waals surface area (Å²) in [6.45, 7) is 3.48. The lowest BCUT2D eigenvalue weighted by Crippen LogP contribution is -2.13. The van der Waals surface area contributed by atoms with Gasteiger partial charge in [-0.05, 0) is 31.7 Å². The summed E-state index contributed by atoms with van der Waals surface area (Å²) in [6.07, 6.45) is 3.92. The van der Waals surface area contributed by atoms with Crippen LogP contribution in [0.15, 0.2) is 5.38 Å². The SMILES string of the molecule is CC1CC1c1nc([C@@H]2CCCN2)cs1. The molecule has 2 nitrogen and oxygen atoms in total. The molecule has 1 saturated carbocycles. The van der Waals surface area contributed by atoms with Crippen LogP contribution in [0.3, 0.4) is 0 Å². The van der Waals surface area contributed by atoms with Crippen LogP contribution >= 0.6 is 11.3 Å². The van der Waals surface area contributed by atoms with Crippen molar-refractivity contribution in [3.05, 3.63) is 16.1 Å². The summed E-state index contributed by atoms with van der Waals surface area (Å²) in [5.41, 5.74) is 1.29. The normalized spacial score (nSPS) is 36.2. The largest absolute Gasteiger partial charge is 0.309 e. The Morgan fingerprint density at radius 2 is 2.43 bits per heavy atom. The van der Waals surface area contributed by atoms with Gasteiger partial charge in [0.15, 0.2) is 0 Å². The number of rotatable bonds is 2. The first-order valence-corrected chi connectivity index (χ1v) is 6.41. The number of hydrogen-bond donors (Lipinski definition) is 1. The van der Waals surface area contributed by atoms with Gasteiger partial charge < -0.3 is 5.32 Å². The van der Waals surface area contributed by atoms with E-state index in [0.29, 0.717) is 6.04 Å². The van der Waals surface area contributed by atoms with Crippen LogP contribution in [0.25, 0.3) is 0 Å². The first kappa shape index (κ1) is 8.86. The second-order valence-electron chi connectivity index (χ2n) is 4.58. The highest BCUT2D eigenvalue weighted by Gasteiger charge is 2.36. The molecule has 2 aliphatic rings. The zero-order chi connectivity index (χ0) is 9.54. The van der Waals surface area contributed by atoms with E-state index in [-0.39, 0.29) is 0 Å². The van der Waals surface area contributed by atoms with E-state index >= 15 is 0 Å².